The molecule has 21 heavy (non-hydrogen) atoms. The molecule has 106 valence electrons. The van der Waals surface area contributed by atoms with Crippen molar-refractivity contribution in [1.29, 1.82) is 0 Å². The lowest BCUT2D eigenvalue weighted by Crippen LogP contribution is -2.04. The number of nitrogens with two attached hydrogens (primary N) is 1. The third-order valence-corrected chi connectivity index (χ3v) is 4.20. The van der Waals surface area contributed by atoms with E-state index in [0.29, 0.717) is 20.4 Å². The second-order valence-corrected chi connectivity index (χ2v) is 5.81. The molecular weight excluding hydrogens is 359 g/mol. The highest BCUT2D eigenvalue weighted by atomic mass is 79.9. The number of halogens is 3. The summed E-state index contributed by atoms with van der Waals surface area (Å²) >= 11 is 9.35. The molecule has 3 aromatic rings. The summed E-state index contributed by atoms with van der Waals surface area (Å²) < 4.78 is 13.7. The zero-order valence-corrected chi connectivity index (χ0v) is 12.9. The topological polar surface area (TPSA) is 58.9 Å². The summed E-state index contributed by atoms with van der Waals surface area (Å²) in [5.74, 6) is -0.858. The van der Waals surface area contributed by atoms with Gasteiger partial charge in [0.15, 0.2) is 5.78 Å². The Bertz CT molecular complexity index is 875. The van der Waals surface area contributed by atoms with Crippen LogP contribution in [0.3, 0.4) is 0 Å². The van der Waals surface area contributed by atoms with E-state index in [1.807, 2.05) is 6.07 Å². The fourth-order valence-corrected chi connectivity index (χ4v) is 2.98. The predicted molar refractivity (Wildman–Crippen MR) is 85.3 cm³/mol. The molecule has 0 aliphatic heterocycles. The number of fused-ring (bicyclic) bond motifs is 1. The number of hydrogen-bond donors (Lipinski definition) is 2. The highest BCUT2D eigenvalue weighted by Gasteiger charge is 2.19. The van der Waals surface area contributed by atoms with E-state index in [0.717, 1.165) is 5.52 Å². The van der Waals surface area contributed by atoms with Gasteiger partial charge in [-0.05, 0) is 40.2 Å². The minimum absolute atomic E-state index is 0.0764. The van der Waals surface area contributed by atoms with Crippen molar-refractivity contribution in [1.82, 2.24) is 4.98 Å². The van der Waals surface area contributed by atoms with Crippen LogP contribution in [0.4, 0.5) is 10.1 Å². The minimum Gasteiger partial charge on any atom is -0.396 e. The van der Waals surface area contributed by atoms with Crippen LogP contribution in [0.25, 0.3) is 10.9 Å². The van der Waals surface area contributed by atoms with E-state index >= 15 is 0 Å². The lowest BCUT2D eigenvalue weighted by molar-refractivity contribution is 0.103. The van der Waals surface area contributed by atoms with Gasteiger partial charge in [0.2, 0.25) is 0 Å². The first-order chi connectivity index (χ1) is 9.99. The van der Waals surface area contributed by atoms with Crippen LogP contribution in [0.5, 0.6) is 0 Å². The average Bonchev–Trinajstić information content (AvgIpc) is 2.87. The molecule has 0 unspecified atom stereocenters. The largest absolute Gasteiger partial charge is 0.396 e. The van der Waals surface area contributed by atoms with Crippen LogP contribution >= 0.6 is 27.5 Å². The summed E-state index contributed by atoms with van der Waals surface area (Å²) in [5, 5.41) is 1.11. The molecule has 0 saturated carbocycles. The molecule has 0 atom stereocenters. The maximum Gasteiger partial charge on any atom is 0.196 e. The van der Waals surface area contributed by atoms with Gasteiger partial charge in [0, 0.05) is 32.7 Å². The third kappa shape index (κ3) is 2.32. The van der Waals surface area contributed by atoms with Crippen LogP contribution in [-0.4, -0.2) is 10.8 Å². The van der Waals surface area contributed by atoms with Crippen LogP contribution < -0.4 is 5.73 Å². The fraction of sp³-hybridized carbons (Fsp3) is 0. The fourth-order valence-electron chi connectivity index (χ4n) is 2.20. The monoisotopic (exact) mass is 366 g/mol. The van der Waals surface area contributed by atoms with Crippen LogP contribution in [0, 0.1) is 5.82 Å². The van der Waals surface area contributed by atoms with Gasteiger partial charge >= 0.3 is 0 Å². The molecule has 0 spiro atoms. The van der Waals surface area contributed by atoms with Crippen molar-refractivity contribution in [2.45, 2.75) is 0 Å². The van der Waals surface area contributed by atoms with Crippen molar-refractivity contribution in [3.8, 4) is 0 Å². The zero-order valence-electron chi connectivity index (χ0n) is 10.6. The molecular formula is C15H9BrClFN2O. The highest BCUT2D eigenvalue weighted by Crippen LogP contribution is 2.31. The molecule has 3 rings (SSSR count). The molecule has 0 fully saturated rings. The van der Waals surface area contributed by atoms with E-state index in [1.54, 1.807) is 18.3 Å². The molecule has 3 N–H and O–H groups in total. The van der Waals surface area contributed by atoms with E-state index in [-0.39, 0.29) is 17.0 Å². The number of benzene rings is 2. The summed E-state index contributed by atoms with van der Waals surface area (Å²) in [6, 6.07) is 7.83. The molecule has 3 nitrogen and oxygen atoms in total. The van der Waals surface area contributed by atoms with Gasteiger partial charge < -0.3 is 10.7 Å². The molecule has 0 amide bonds. The van der Waals surface area contributed by atoms with Crippen molar-refractivity contribution in [2.75, 3.05) is 5.73 Å². The van der Waals surface area contributed by atoms with Gasteiger partial charge in [0.05, 0.1) is 10.7 Å². The number of hydrogen-bond acceptors (Lipinski definition) is 2. The van der Waals surface area contributed by atoms with Crippen molar-refractivity contribution in [3.05, 3.63) is 63.0 Å². The summed E-state index contributed by atoms with van der Waals surface area (Å²) in [7, 11) is 0. The van der Waals surface area contributed by atoms with Crippen molar-refractivity contribution >= 4 is 49.9 Å². The van der Waals surface area contributed by atoms with Crippen molar-refractivity contribution in [3.63, 3.8) is 0 Å². The van der Waals surface area contributed by atoms with Gasteiger partial charge in [-0.3, -0.25) is 4.79 Å². The number of ketones is 1. The van der Waals surface area contributed by atoms with Gasteiger partial charge in [-0.1, -0.05) is 17.7 Å². The second kappa shape index (κ2) is 5.16. The Hall–Kier alpha value is -1.85. The average molecular weight is 368 g/mol. The molecule has 0 radical (unpaired) electrons. The molecule has 6 heteroatoms. The zero-order chi connectivity index (χ0) is 15.1. The SMILES string of the molecule is Nc1cc(C(=O)c2c[nH]c3cccc(Cl)c23)c(Br)cc1F. The molecule has 0 aliphatic carbocycles. The Labute approximate surface area is 133 Å². The number of nitrogen functional groups attached to an aromatic ring is 1. The Balaban J connectivity index is 2.20. The van der Waals surface area contributed by atoms with E-state index in [4.69, 9.17) is 17.3 Å². The number of nitrogens with one attached hydrogen (secondary N) is 1. The minimum atomic E-state index is -0.574. The van der Waals surface area contributed by atoms with Crippen molar-refractivity contribution in [2.24, 2.45) is 0 Å². The normalized spacial score (nSPS) is 11.0. The van der Waals surface area contributed by atoms with Crippen LogP contribution in [0.15, 0.2) is 41.0 Å². The van der Waals surface area contributed by atoms with Crippen LogP contribution in [-0.2, 0) is 0 Å². The first-order valence-corrected chi connectivity index (χ1v) is 7.21. The maximum absolute atomic E-state index is 13.4. The van der Waals surface area contributed by atoms with Crippen LogP contribution in [0.1, 0.15) is 15.9 Å². The Morgan fingerprint density at radius 1 is 1.29 bits per heavy atom. The highest BCUT2D eigenvalue weighted by molar-refractivity contribution is 9.10. The van der Waals surface area contributed by atoms with E-state index in [9.17, 15) is 9.18 Å². The Kier molecular flexibility index (Phi) is 3.47. The number of anilines is 1. The number of H-pyrrole nitrogens is 1. The van der Waals surface area contributed by atoms with Gasteiger partial charge in [0.25, 0.3) is 0 Å². The molecule has 2 aromatic carbocycles. The molecule has 1 heterocycles. The number of carbonyl (C=O) groups is 1. The van der Waals surface area contributed by atoms with E-state index in [2.05, 4.69) is 20.9 Å². The molecule has 1 aromatic heterocycles. The number of rotatable bonds is 2. The Morgan fingerprint density at radius 3 is 2.81 bits per heavy atom. The van der Waals surface area contributed by atoms with Gasteiger partial charge in [-0.2, -0.15) is 0 Å². The van der Waals surface area contributed by atoms with Crippen LogP contribution in [0.2, 0.25) is 5.02 Å². The second-order valence-electron chi connectivity index (χ2n) is 4.55. The third-order valence-electron chi connectivity index (χ3n) is 3.23. The van der Waals surface area contributed by atoms with Gasteiger partial charge in [-0.15, -0.1) is 0 Å². The number of aromatic nitrogens is 1. The molecule has 0 bridgehead atoms. The maximum atomic E-state index is 13.4. The molecule has 0 saturated heterocycles. The summed E-state index contributed by atoms with van der Waals surface area (Å²) in [4.78, 5) is 15.7. The Morgan fingerprint density at radius 2 is 2.05 bits per heavy atom. The smallest absolute Gasteiger partial charge is 0.196 e. The molecule has 0 aliphatic rings. The first-order valence-electron chi connectivity index (χ1n) is 6.04. The lowest BCUT2D eigenvalue weighted by Gasteiger charge is -2.06. The summed E-state index contributed by atoms with van der Waals surface area (Å²) in [5.41, 5.74) is 6.93. The lowest BCUT2D eigenvalue weighted by atomic mass is 10.0. The number of aromatic amines is 1. The predicted octanol–water partition coefficient (Wildman–Crippen LogP) is 4.54. The number of carbonyl (C=O) groups excluding carboxylic acids is 1. The van der Waals surface area contributed by atoms with Gasteiger partial charge in [0.1, 0.15) is 5.82 Å². The first kappa shape index (κ1) is 14.1. The van der Waals surface area contributed by atoms with E-state index < -0.39 is 5.82 Å². The summed E-state index contributed by atoms with van der Waals surface area (Å²) in [6.07, 6.45) is 1.59. The quantitative estimate of drug-likeness (QED) is 0.516. The van der Waals surface area contributed by atoms with Gasteiger partial charge in [-0.25, -0.2) is 4.39 Å². The summed E-state index contributed by atoms with van der Waals surface area (Å²) in [6.45, 7) is 0. The van der Waals surface area contributed by atoms with Crippen molar-refractivity contribution < 1.29 is 9.18 Å². The standard InChI is InChI=1S/C15H9BrClFN2O/c16-9-5-11(18)12(19)4-7(9)15(21)8-6-20-13-3-1-2-10(17)14(8)13/h1-6,20H,19H2. The van der Waals surface area contributed by atoms with E-state index in [1.165, 1.54) is 12.1 Å².